The van der Waals surface area contributed by atoms with E-state index in [0.29, 0.717) is 24.0 Å². The number of halogens is 3. The van der Waals surface area contributed by atoms with E-state index in [0.717, 1.165) is 12.1 Å². The number of thiocarbonyl (C=S) groups is 1. The second-order valence-corrected chi connectivity index (χ2v) is 4.26. The molecule has 0 radical (unpaired) electrons. The summed E-state index contributed by atoms with van der Waals surface area (Å²) in [7, 11) is 0. The van der Waals surface area contributed by atoms with Crippen LogP contribution in [-0.4, -0.2) is 24.3 Å². The zero-order valence-electron chi connectivity index (χ0n) is 9.25. The Morgan fingerprint density at radius 1 is 1.11 bits per heavy atom. The summed E-state index contributed by atoms with van der Waals surface area (Å²) in [4.78, 5) is 0. The summed E-state index contributed by atoms with van der Waals surface area (Å²) in [6.45, 7) is 1.07. The minimum Gasteiger partial charge on any atom is -0.487 e. The second kappa shape index (κ2) is 5.01. The lowest BCUT2D eigenvalue weighted by molar-refractivity contribution is -0.137. The minimum atomic E-state index is -4.32. The van der Waals surface area contributed by atoms with Crippen molar-refractivity contribution in [2.75, 3.05) is 13.1 Å². The molecule has 0 spiro atoms. The fourth-order valence-corrected chi connectivity index (χ4v) is 1.71. The highest BCUT2D eigenvalue weighted by molar-refractivity contribution is 7.80. The molecule has 0 aliphatic carbocycles. The van der Waals surface area contributed by atoms with E-state index in [4.69, 9.17) is 17.0 Å². The highest BCUT2D eigenvalue weighted by atomic mass is 32.1. The number of rotatable bonds is 2. The molecule has 2 N–H and O–H groups in total. The number of nitrogens with one attached hydrogen (secondary N) is 2. The van der Waals surface area contributed by atoms with Gasteiger partial charge in [0.2, 0.25) is 0 Å². The SMILES string of the molecule is FC(F)(F)c1ccc(OC2CNC(=S)NC2)cc1. The molecule has 0 saturated carbocycles. The van der Waals surface area contributed by atoms with E-state index in [1.54, 1.807) is 0 Å². The van der Waals surface area contributed by atoms with E-state index < -0.39 is 11.7 Å². The third-order valence-corrected chi connectivity index (χ3v) is 2.75. The summed E-state index contributed by atoms with van der Waals surface area (Å²) in [5.74, 6) is 0.407. The Morgan fingerprint density at radius 2 is 1.67 bits per heavy atom. The average Bonchev–Trinajstić information content (AvgIpc) is 2.32. The number of ether oxygens (including phenoxy) is 1. The predicted octanol–water partition coefficient (Wildman–Crippen LogP) is 1.93. The largest absolute Gasteiger partial charge is 0.487 e. The van der Waals surface area contributed by atoms with Crippen molar-refractivity contribution in [3.63, 3.8) is 0 Å². The third kappa shape index (κ3) is 3.25. The van der Waals surface area contributed by atoms with Gasteiger partial charge in [0.15, 0.2) is 5.11 Å². The van der Waals surface area contributed by atoms with Gasteiger partial charge in [0, 0.05) is 0 Å². The van der Waals surface area contributed by atoms with Crippen molar-refractivity contribution < 1.29 is 17.9 Å². The van der Waals surface area contributed by atoms with E-state index in [9.17, 15) is 13.2 Å². The van der Waals surface area contributed by atoms with Gasteiger partial charge in [-0.3, -0.25) is 0 Å². The summed E-state index contributed by atoms with van der Waals surface area (Å²) >= 11 is 4.88. The van der Waals surface area contributed by atoms with Gasteiger partial charge in [0.25, 0.3) is 0 Å². The van der Waals surface area contributed by atoms with Gasteiger partial charge in [-0.05, 0) is 36.5 Å². The summed E-state index contributed by atoms with van der Waals surface area (Å²) in [5, 5.41) is 6.36. The molecule has 0 bridgehead atoms. The zero-order chi connectivity index (χ0) is 13.2. The van der Waals surface area contributed by atoms with Crippen LogP contribution in [0.1, 0.15) is 5.56 Å². The number of hydrogen-bond acceptors (Lipinski definition) is 2. The first-order valence-corrected chi connectivity index (χ1v) is 5.71. The van der Waals surface area contributed by atoms with Crippen molar-refractivity contribution >= 4 is 17.3 Å². The van der Waals surface area contributed by atoms with E-state index in [1.165, 1.54) is 12.1 Å². The third-order valence-electron chi connectivity index (χ3n) is 2.46. The molecule has 1 aromatic carbocycles. The molecule has 1 aliphatic rings. The monoisotopic (exact) mass is 276 g/mol. The first-order valence-electron chi connectivity index (χ1n) is 5.31. The van der Waals surface area contributed by atoms with Gasteiger partial charge in [-0.15, -0.1) is 0 Å². The smallest absolute Gasteiger partial charge is 0.416 e. The van der Waals surface area contributed by atoms with Gasteiger partial charge < -0.3 is 15.4 Å². The van der Waals surface area contributed by atoms with Crippen LogP contribution in [0.2, 0.25) is 0 Å². The standard InChI is InChI=1S/C11H11F3N2OS/c12-11(13,14)7-1-3-8(4-2-7)17-9-5-15-10(18)16-6-9/h1-4,9H,5-6H2,(H2,15,16,18). The lowest BCUT2D eigenvalue weighted by atomic mass is 10.2. The van der Waals surface area contributed by atoms with Gasteiger partial charge in [-0.25, -0.2) is 0 Å². The Kier molecular flexibility index (Phi) is 3.60. The minimum absolute atomic E-state index is 0.159. The Bertz CT molecular complexity index is 423. The Morgan fingerprint density at radius 3 is 2.17 bits per heavy atom. The summed E-state index contributed by atoms with van der Waals surface area (Å²) in [6.07, 6.45) is -4.48. The Hall–Kier alpha value is -1.50. The van der Waals surface area contributed by atoms with Crippen molar-refractivity contribution in [1.82, 2.24) is 10.6 Å². The fourth-order valence-electron chi connectivity index (χ4n) is 1.55. The Labute approximate surface area is 107 Å². The number of benzene rings is 1. The zero-order valence-corrected chi connectivity index (χ0v) is 10.1. The molecule has 2 rings (SSSR count). The van der Waals surface area contributed by atoms with Crippen molar-refractivity contribution in [3.05, 3.63) is 29.8 Å². The molecule has 1 heterocycles. The molecule has 3 nitrogen and oxygen atoms in total. The van der Waals surface area contributed by atoms with Crippen molar-refractivity contribution in [2.45, 2.75) is 12.3 Å². The maximum Gasteiger partial charge on any atom is 0.416 e. The quantitative estimate of drug-likeness (QED) is 0.809. The molecule has 0 amide bonds. The molecule has 7 heteroatoms. The Balaban J connectivity index is 1.96. The molecule has 1 saturated heterocycles. The first kappa shape index (κ1) is 12.9. The maximum absolute atomic E-state index is 12.3. The van der Waals surface area contributed by atoms with Gasteiger partial charge >= 0.3 is 6.18 Å². The van der Waals surface area contributed by atoms with Gasteiger partial charge in [0.05, 0.1) is 18.7 Å². The van der Waals surface area contributed by atoms with Crippen LogP contribution in [0.3, 0.4) is 0 Å². The highest BCUT2D eigenvalue weighted by Crippen LogP contribution is 2.30. The molecular formula is C11H11F3N2OS. The molecule has 98 valence electrons. The second-order valence-electron chi connectivity index (χ2n) is 3.85. The van der Waals surface area contributed by atoms with Crippen LogP contribution in [0.5, 0.6) is 5.75 Å². The van der Waals surface area contributed by atoms with Crippen LogP contribution >= 0.6 is 12.2 Å². The van der Waals surface area contributed by atoms with Gasteiger partial charge in [-0.1, -0.05) is 0 Å². The summed E-state index contributed by atoms with van der Waals surface area (Å²) in [5.41, 5.74) is -0.684. The topological polar surface area (TPSA) is 33.3 Å². The van der Waals surface area contributed by atoms with E-state index in [1.807, 2.05) is 0 Å². The number of alkyl halides is 3. The lowest BCUT2D eigenvalue weighted by Gasteiger charge is -2.26. The first-order chi connectivity index (χ1) is 8.45. The van der Waals surface area contributed by atoms with Crippen LogP contribution in [0.4, 0.5) is 13.2 Å². The van der Waals surface area contributed by atoms with E-state index in [2.05, 4.69) is 10.6 Å². The van der Waals surface area contributed by atoms with E-state index in [-0.39, 0.29) is 6.10 Å². The highest BCUT2D eigenvalue weighted by Gasteiger charge is 2.30. The van der Waals surface area contributed by atoms with Crippen molar-refractivity contribution in [3.8, 4) is 5.75 Å². The van der Waals surface area contributed by atoms with Gasteiger partial charge in [0.1, 0.15) is 11.9 Å². The summed E-state index contributed by atoms with van der Waals surface area (Å²) in [6, 6.07) is 4.64. The fraction of sp³-hybridized carbons (Fsp3) is 0.364. The molecule has 0 aromatic heterocycles. The number of hydrogen-bond donors (Lipinski definition) is 2. The normalized spacial score (nSPS) is 16.9. The summed E-state index contributed by atoms with van der Waals surface area (Å²) < 4.78 is 42.6. The van der Waals surface area contributed by atoms with Crippen LogP contribution in [0.15, 0.2) is 24.3 Å². The van der Waals surface area contributed by atoms with Crippen molar-refractivity contribution in [2.24, 2.45) is 0 Å². The predicted molar refractivity (Wildman–Crippen MR) is 64.5 cm³/mol. The molecule has 0 unspecified atom stereocenters. The van der Waals surface area contributed by atoms with Crippen molar-refractivity contribution in [1.29, 1.82) is 0 Å². The van der Waals surface area contributed by atoms with Gasteiger partial charge in [-0.2, -0.15) is 13.2 Å². The van der Waals surface area contributed by atoms with Crippen LogP contribution in [-0.2, 0) is 6.18 Å². The lowest BCUT2D eigenvalue weighted by Crippen LogP contribution is -2.52. The molecule has 1 fully saturated rings. The maximum atomic E-state index is 12.3. The van der Waals surface area contributed by atoms with Crippen LogP contribution < -0.4 is 15.4 Å². The van der Waals surface area contributed by atoms with E-state index >= 15 is 0 Å². The molecule has 1 aliphatic heterocycles. The average molecular weight is 276 g/mol. The van der Waals surface area contributed by atoms with Crippen LogP contribution in [0.25, 0.3) is 0 Å². The molecule has 0 atom stereocenters. The molecule has 1 aromatic rings. The molecule has 18 heavy (non-hydrogen) atoms. The molecular weight excluding hydrogens is 265 g/mol. The van der Waals surface area contributed by atoms with Crippen LogP contribution in [0, 0.1) is 0 Å².